The number of aryl methyl sites for hydroxylation is 2. The Morgan fingerprint density at radius 2 is 0.923 bits per heavy atom. The van der Waals surface area contributed by atoms with Gasteiger partial charge in [0.25, 0.3) is 0 Å². The van der Waals surface area contributed by atoms with E-state index in [0.29, 0.717) is 22.4 Å². The van der Waals surface area contributed by atoms with Gasteiger partial charge in [0, 0.05) is 22.3 Å². The predicted octanol–water partition coefficient (Wildman–Crippen LogP) is 5.86. The molecule has 128 valence electrons. The maximum absolute atomic E-state index is 14.2. The zero-order valence-corrected chi connectivity index (χ0v) is 14.4. The molecule has 0 saturated heterocycles. The third-order valence-electron chi connectivity index (χ3n) is 4.55. The Kier molecular flexibility index (Phi) is 3.96. The van der Waals surface area contributed by atoms with E-state index in [1.807, 2.05) is 60.7 Å². The molecule has 26 heavy (non-hydrogen) atoms. The van der Waals surface area contributed by atoms with Crippen LogP contribution in [0.1, 0.15) is 11.1 Å². The first-order valence-electron chi connectivity index (χ1n) is 8.34. The molecule has 4 aromatic rings. The van der Waals surface area contributed by atoms with Crippen molar-refractivity contribution in [1.82, 2.24) is 9.97 Å². The number of hydrogen-bond donors (Lipinski definition) is 0. The van der Waals surface area contributed by atoms with Crippen LogP contribution in [0.3, 0.4) is 0 Å². The first-order chi connectivity index (χ1) is 12.6. The third-order valence-corrected chi connectivity index (χ3v) is 4.55. The van der Waals surface area contributed by atoms with Gasteiger partial charge < -0.3 is 0 Å². The number of halogens is 2. The highest BCUT2D eigenvalue weighted by atomic mass is 19.2. The van der Waals surface area contributed by atoms with Crippen molar-refractivity contribution >= 4 is 11.0 Å². The minimum absolute atomic E-state index is 0.174. The summed E-state index contributed by atoms with van der Waals surface area (Å²) in [6, 6.07) is 19.2. The summed E-state index contributed by atoms with van der Waals surface area (Å²) in [7, 11) is 0. The fourth-order valence-corrected chi connectivity index (χ4v) is 3.09. The minimum atomic E-state index is -0.865. The van der Waals surface area contributed by atoms with E-state index in [0.717, 1.165) is 11.1 Å². The number of aromatic nitrogens is 2. The first-order valence-corrected chi connectivity index (χ1v) is 8.34. The van der Waals surface area contributed by atoms with Gasteiger partial charge in [0.2, 0.25) is 0 Å². The number of fused-ring (bicyclic) bond motifs is 1. The van der Waals surface area contributed by atoms with Crippen molar-refractivity contribution in [2.24, 2.45) is 0 Å². The SMILES string of the molecule is Cc1c(F)c(F)c(C)c2nc(-c3ccccc3)c(-c3ccccc3)nc12. The number of rotatable bonds is 2. The van der Waals surface area contributed by atoms with E-state index in [2.05, 4.69) is 0 Å². The first kappa shape index (κ1) is 16.3. The van der Waals surface area contributed by atoms with Crippen molar-refractivity contribution in [3.63, 3.8) is 0 Å². The quantitative estimate of drug-likeness (QED) is 0.454. The number of benzene rings is 3. The second-order valence-corrected chi connectivity index (χ2v) is 6.23. The van der Waals surface area contributed by atoms with Crippen molar-refractivity contribution < 1.29 is 8.78 Å². The highest BCUT2D eigenvalue weighted by molar-refractivity contribution is 5.89. The van der Waals surface area contributed by atoms with Gasteiger partial charge in [-0.2, -0.15) is 0 Å². The Morgan fingerprint density at radius 3 is 1.27 bits per heavy atom. The molecular formula is C22H16F2N2. The highest BCUT2D eigenvalue weighted by Gasteiger charge is 2.20. The molecule has 0 aliphatic rings. The number of nitrogens with zero attached hydrogens (tertiary/aromatic N) is 2. The summed E-state index contributed by atoms with van der Waals surface area (Å²) in [5.74, 6) is -1.73. The predicted molar refractivity (Wildman–Crippen MR) is 99.8 cm³/mol. The Hall–Kier alpha value is -3.14. The van der Waals surface area contributed by atoms with Crippen molar-refractivity contribution in [3.8, 4) is 22.5 Å². The lowest BCUT2D eigenvalue weighted by atomic mass is 10.0. The molecular weight excluding hydrogens is 330 g/mol. The van der Waals surface area contributed by atoms with Gasteiger partial charge in [-0.3, -0.25) is 0 Å². The molecule has 0 saturated carbocycles. The van der Waals surface area contributed by atoms with Crippen molar-refractivity contribution in [1.29, 1.82) is 0 Å². The lowest BCUT2D eigenvalue weighted by Gasteiger charge is -2.14. The molecule has 4 heteroatoms. The fraction of sp³-hybridized carbons (Fsp3) is 0.0909. The zero-order chi connectivity index (χ0) is 18.3. The maximum atomic E-state index is 14.2. The van der Waals surface area contributed by atoms with Gasteiger partial charge in [0.05, 0.1) is 22.4 Å². The largest absolute Gasteiger partial charge is 0.243 e. The van der Waals surface area contributed by atoms with Gasteiger partial charge >= 0.3 is 0 Å². The minimum Gasteiger partial charge on any atom is -0.243 e. The van der Waals surface area contributed by atoms with Crippen LogP contribution in [0.2, 0.25) is 0 Å². The Morgan fingerprint density at radius 1 is 0.577 bits per heavy atom. The smallest absolute Gasteiger partial charge is 0.164 e. The molecule has 1 aromatic heterocycles. The summed E-state index contributed by atoms with van der Waals surface area (Å²) >= 11 is 0. The summed E-state index contributed by atoms with van der Waals surface area (Å²) in [4.78, 5) is 9.43. The topological polar surface area (TPSA) is 25.8 Å². The number of hydrogen-bond acceptors (Lipinski definition) is 2. The van der Waals surface area contributed by atoms with Crippen molar-refractivity contribution in [2.75, 3.05) is 0 Å². The van der Waals surface area contributed by atoms with Crippen LogP contribution in [0.15, 0.2) is 60.7 Å². The molecule has 0 radical (unpaired) electrons. The zero-order valence-electron chi connectivity index (χ0n) is 14.4. The average Bonchev–Trinajstić information content (AvgIpc) is 2.71. The molecule has 0 spiro atoms. The van der Waals surface area contributed by atoms with Crippen LogP contribution in [0.4, 0.5) is 8.78 Å². The van der Waals surface area contributed by atoms with Crippen LogP contribution in [-0.2, 0) is 0 Å². The molecule has 2 nitrogen and oxygen atoms in total. The average molecular weight is 346 g/mol. The molecule has 1 heterocycles. The molecule has 0 amide bonds. The molecule has 0 fully saturated rings. The molecule has 0 N–H and O–H groups in total. The van der Waals surface area contributed by atoms with Crippen LogP contribution < -0.4 is 0 Å². The van der Waals surface area contributed by atoms with Gasteiger partial charge in [0.15, 0.2) is 11.6 Å². The maximum Gasteiger partial charge on any atom is 0.164 e. The summed E-state index contributed by atoms with van der Waals surface area (Å²) in [5, 5.41) is 0. The molecule has 0 bridgehead atoms. The summed E-state index contributed by atoms with van der Waals surface area (Å²) in [5.41, 5.74) is 4.18. The van der Waals surface area contributed by atoms with Gasteiger partial charge in [-0.05, 0) is 13.8 Å². The van der Waals surface area contributed by atoms with Crippen LogP contribution in [-0.4, -0.2) is 9.97 Å². The third kappa shape index (κ3) is 2.54. The van der Waals surface area contributed by atoms with E-state index >= 15 is 0 Å². The second-order valence-electron chi connectivity index (χ2n) is 6.23. The molecule has 3 aromatic carbocycles. The van der Waals surface area contributed by atoms with Crippen LogP contribution in [0.25, 0.3) is 33.5 Å². The second kappa shape index (κ2) is 6.30. The van der Waals surface area contributed by atoms with Crippen LogP contribution >= 0.6 is 0 Å². The molecule has 0 unspecified atom stereocenters. The lowest BCUT2D eigenvalue weighted by Crippen LogP contribution is -2.03. The van der Waals surface area contributed by atoms with Gasteiger partial charge in [-0.25, -0.2) is 18.7 Å². The van der Waals surface area contributed by atoms with E-state index in [1.165, 1.54) is 13.8 Å². The Balaban J connectivity index is 2.14. The lowest BCUT2D eigenvalue weighted by molar-refractivity contribution is 0.500. The molecule has 4 rings (SSSR count). The monoisotopic (exact) mass is 346 g/mol. The van der Waals surface area contributed by atoms with E-state index in [-0.39, 0.29) is 11.1 Å². The van der Waals surface area contributed by atoms with Gasteiger partial charge in [0.1, 0.15) is 0 Å². The van der Waals surface area contributed by atoms with Gasteiger partial charge in [-0.1, -0.05) is 60.7 Å². The molecule has 0 atom stereocenters. The Labute approximate surface area is 150 Å². The molecule has 0 aliphatic carbocycles. The fourth-order valence-electron chi connectivity index (χ4n) is 3.09. The summed E-state index contributed by atoms with van der Waals surface area (Å²) in [6.45, 7) is 3.07. The van der Waals surface area contributed by atoms with Crippen molar-refractivity contribution in [2.45, 2.75) is 13.8 Å². The summed E-state index contributed by atoms with van der Waals surface area (Å²) < 4.78 is 28.5. The Bertz CT molecular complexity index is 1020. The van der Waals surface area contributed by atoms with Crippen LogP contribution in [0, 0.1) is 25.5 Å². The van der Waals surface area contributed by atoms with E-state index in [4.69, 9.17) is 9.97 Å². The van der Waals surface area contributed by atoms with Gasteiger partial charge in [-0.15, -0.1) is 0 Å². The van der Waals surface area contributed by atoms with Crippen LogP contribution in [0.5, 0.6) is 0 Å². The van der Waals surface area contributed by atoms with E-state index in [1.54, 1.807) is 0 Å². The summed E-state index contributed by atoms with van der Waals surface area (Å²) in [6.07, 6.45) is 0. The highest BCUT2D eigenvalue weighted by Crippen LogP contribution is 2.34. The van der Waals surface area contributed by atoms with Crippen molar-refractivity contribution in [3.05, 3.63) is 83.4 Å². The van der Waals surface area contributed by atoms with E-state index < -0.39 is 11.6 Å². The van der Waals surface area contributed by atoms with E-state index in [9.17, 15) is 8.78 Å². The standard InChI is InChI=1S/C22H16F2N2/c1-13-17(23)18(24)14(2)20-19(13)25-21(15-9-5-3-6-10-15)22(26-20)16-11-7-4-8-12-16/h3-12H,1-2H3. The normalized spacial score (nSPS) is 11.1. The molecule has 0 aliphatic heterocycles.